The minimum atomic E-state index is -1.88. The summed E-state index contributed by atoms with van der Waals surface area (Å²) < 4.78 is 12.1. The fourth-order valence-corrected chi connectivity index (χ4v) is 3.46. The molecule has 0 radical (unpaired) electrons. The summed E-state index contributed by atoms with van der Waals surface area (Å²) in [4.78, 5) is 0. The second kappa shape index (κ2) is 11.9. The fourth-order valence-electron chi connectivity index (χ4n) is 2.11. The summed E-state index contributed by atoms with van der Waals surface area (Å²) in [5.74, 6) is 0.718. The Hall–Kier alpha value is 0.137. The lowest BCUT2D eigenvalue weighted by Crippen LogP contribution is -2.37. The molecule has 0 amide bonds. The molecule has 1 atom stereocenters. The van der Waals surface area contributed by atoms with Gasteiger partial charge in [-0.3, -0.25) is 0 Å². The molecule has 0 spiro atoms. The first-order valence-electron chi connectivity index (χ1n) is 8.33. The zero-order valence-corrected chi connectivity index (χ0v) is 15.0. The molecule has 2 nitrogen and oxygen atoms in total. The van der Waals surface area contributed by atoms with Crippen molar-refractivity contribution >= 4 is 8.56 Å². The predicted octanol–water partition coefficient (Wildman–Crippen LogP) is 5.52. The Balaban J connectivity index is 3.74. The maximum atomic E-state index is 6.10. The third-order valence-corrected chi connectivity index (χ3v) is 5.42. The first kappa shape index (κ1) is 19.1. The molecule has 0 aliphatic carbocycles. The van der Waals surface area contributed by atoms with Gasteiger partial charge < -0.3 is 8.85 Å². The van der Waals surface area contributed by atoms with Gasteiger partial charge >= 0.3 is 8.56 Å². The highest BCUT2D eigenvalue weighted by Gasteiger charge is 2.25. The highest BCUT2D eigenvalue weighted by molar-refractivity contribution is 6.64. The number of hydrogen-bond donors (Lipinski definition) is 0. The van der Waals surface area contributed by atoms with E-state index < -0.39 is 8.56 Å². The second-order valence-corrected chi connectivity index (χ2v) is 9.41. The van der Waals surface area contributed by atoms with E-state index >= 15 is 0 Å². The van der Waals surface area contributed by atoms with Crippen LogP contribution in [0.25, 0.3) is 0 Å². The third kappa shape index (κ3) is 11.6. The summed E-state index contributed by atoms with van der Waals surface area (Å²) >= 11 is 0. The Labute approximate surface area is 122 Å². The monoisotopic (exact) mass is 288 g/mol. The van der Waals surface area contributed by atoms with Crippen molar-refractivity contribution in [2.24, 2.45) is 5.92 Å². The molecule has 116 valence electrons. The SMILES string of the molecule is CCCCCCO[Si](C)(C)OCC(CC)CCCC. The van der Waals surface area contributed by atoms with Crippen LogP contribution in [0.3, 0.4) is 0 Å². The highest BCUT2D eigenvalue weighted by atomic mass is 28.4. The molecular formula is C16H36O2Si. The molecule has 19 heavy (non-hydrogen) atoms. The summed E-state index contributed by atoms with van der Waals surface area (Å²) in [6.07, 6.45) is 10.2. The quantitative estimate of drug-likeness (QED) is 0.328. The summed E-state index contributed by atoms with van der Waals surface area (Å²) in [7, 11) is -1.88. The molecule has 0 aromatic carbocycles. The second-order valence-electron chi connectivity index (χ2n) is 6.04. The summed E-state index contributed by atoms with van der Waals surface area (Å²) in [6, 6.07) is 0. The van der Waals surface area contributed by atoms with Gasteiger partial charge in [-0.15, -0.1) is 0 Å². The van der Waals surface area contributed by atoms with Crippen LogP contribution in [0.1, 0.15) is 72.1 Å². The first-order valence-corrected chi connectivity index (χ1v) is 11.1. The van der Waals surface area contributed by atoms with Gasteiger partial charge in [0.05, 0.1) is 0 Å². The fraction of sp³-hybridized carbons (Fsp3) is 1.00. The minimum absolute atomic E-state index is 0.718. The lowest BCUT2D eigenvalue weighted by atomic mass is 10.0. The van der Waals surface area contributed by atoms with Crippen LogP contribution >= 0.6 is 0 Å². The van der Waals surface area contributed by atoms with Crippen molar-refractivity contribution in [2.45, 2.75) is 85.2 Å². The van der Waals surface area contributed by atoms with Crippen molar-refractivity contribution in [3.05, 3.63) is 0 Å². The lowest BCUT2D eigenvalue weighted by molar-refractivity contribution is 0.146. The van der Waals surface area contributed by atoms with Gasteiger partial charge in [-0.1, -0.05) is 59.3 Å². The summed E-state index contributed by atoms with van der Waals surface area (Å²) in [6.45, 7) is 12.9. The predicted molar refractivity (Wildman–Crippen MR) is 86.8 cm³/mol. The van der Waals surface area contributed by atoms with Crippen molar-refractivity contribution in [1.82, 2.24) is 0 Å². The standard InChI is InChI=1S/C16H36O2Si/c1-6-9-11-12-14-17-19(4,5)18-15-16(8-3)13-10-7-2/h16H,6-15H2,1-5H3. The molecule has 0 aliphatic heterocycles. The van der Waals surface area contributed by atoms with Crippen molar-refractivity contribution < 1.29 is 8.85 Å². The van der Waals surface area contributed by atoms with Crippen LogP contribution in [0.5, 0.6) is 0 Å². The van der Waals surface area contributed by atoms with Crippen LogP contribution in [0.15, 0.2) is 0 Å². The van der Waals surface area contributed by atoms with Crippen LogP contribution in [-0.4, -0.2) is 21.8 Å². The topological polar surface area (TPSA) is 18.5 Å². The first-order chi connectivity index (χ1) is 9.05. The molecule has 0 saturated carbocycles. The van der Waals surface area contributed by atoms with Gasteiger partial charge in [0, 0.05) is 13.2 Å². The van der Waals surface area contributed by atoms with Crippen LogP contribution in [-0.2, 0) is 8.85 Å². The number of hydrogen-bond acceptors (Lipinski definition) is 2. The summed E-state index contributed by atoms with van der Waals surface area (Å²) in [5.41, 5.74) is 0. The van der Waals surface area contributed by atoms with Crippen molar-refractivity contribution in [1.29, 1.82) is 0 Å². The van der Waals surface area contributed by atoms with Gasteiger partial charge in [-0.25, -0.2) is 0 Å². The summed E-state index contributed by atoms with van der Waals surface area (Å²) in [5, 5.41) is 0. The van der Waals surface area contributed by atoms with Crippen LogP contribution < -0.4 is 0 Å². The molecule has 0 aromatic heterocycles. The number of rotatable bonds is 13. The molecule has 0 rings (SSSR count). The van der Waals surface area contributed by atoms with E-state index in [1.54, 1.807) is 0 Å². The van der Waals surface area contributed by atoms with Gasteiger partial charge in [-0.2, -0.15) is 0 Å². The minimum Gasteiger partial charge on any atom is -0.395 e. The third-order valence-electron chi connectivity index (χ3n) is 3.66. The Morgan fingerprint density at radius 2 is 1.53 bits per heavy atom. The molecule has 0 aromatic rings. The largest absolute Gasteiger partial charge is 0.395 e. The Morgan fingerprint density at radius 3 is 2.11 bits per heavy atom. The molecule has 0 saturated heterocycles. The van der Waals surface area contributed by atoms with Gasteiger partial charge in [0.15, 0.2) is 0 Å². The molecule has 0 aliphatic rings. The molecular weight excluding hydrogens is 252 g/mol. The highest BCUT2D eigenvalue weighted by Crippen LogP contribution is 2.16. The van der Waals surface area contributed by atoms with Gasteiger partial charge in [-0.05, 0) is 31.9 Å². The Morgan fingerprint density at radius 1 is 0.842 bits per heavy atom. The van der Waals surface area contributed by atoms with E-state index in [0.29, 0.717) is 0 Å². The van der Waals surface area contributed by atoms with E-state index in [1.807, 2.05) is 0 Å². The average molecular weight is 289 g/mol. The molecule has 1 unspecified atom stereocenters. The Bertz CT molecular complexity index is 195. The lowest BCUT2D eigenvalue weighted by Gasteiger charge is -2.25. The molecule has 0 bridgehead atoms. The van der Waals surface area contributed by atoms with E-state index in [1.165, 1.54) is 51.4 Å². The normalized spacial score (nSPS) is 13.7. The van der Waals surface area contributed by atoms with E-state index in [-0.39, 0.29) is 0 Å². The van der Waals surface area contributed by atoms with Crippen LogP contribution in [0, 0.1) is 5.92 Å². The molecule has 0 heterocycles. The zero-order valence-electron chi connectivity index (χ0n) is 14.0. The Kier molecular flexibility index (Phi) is 12.0. The average Bonchev–Trinajstić information content (AvgIpc) is 2.38. The maximum absolute atomic E-state index is 6.10. The van der Waals surface area contributed by atoms with Crippen molar-refractivity contribution in [3.8, 4) is 0 Å². The van der Waals surface area contributed by atoms with Crippen LogP contribution in [0.2, 0.25) is 13.1 Å². The van der Waals surface area contributed by atoms with Crippen molar-refractivity contribution in [3.63, 3.8) is 0 Å². The molecule has 0 N–H and O–H groups in total. The van der Waals surface area contributed by atoms with Crippen LogP contribution in [0.4, 0.5) is 0 Å². The molecule has 3 heteroatoms. The van der Waals surface area contributed by atoms with Gasteiger partial charge in [0.2, 0.25) is 0 Å². The number of unbranched alkanes of at least 4 members (excludes halogenated alkanes) is 4. The zero-order chi connectivity index (χ0) is 14.6. The van der Waals surface area contributed by atoms with E-state index in [4.69, 9.17) is 8.85 Å². The van der Waals surface area contributed by atoms with E-state index in [9.17, 15) is 0 Å². The van der Waals surface area contributed by atoms with Gasteiger partial charge in [0.25, 0.3) is 0 Å². The van der Waals surface area contributed by atoms with E-state index in [2.05, 4.69) is 33.9 Å². The van der Waals surface area contributed by atoms with Gasteiger partial charge in [0.1, 0.15) is 0 Å². The molecule has 0 fully saturated rings. The maximum Gasteiger partial charge on any atom is 0.331 e. The van der Waals surface area contributed by atoms with Crippen molar-refractivity contribution in [2.75, 3.05) is 13.2 Å². The smallest absolute Gasteiger partial charge is 0.331 e. The van der Waals surface area contributed by atoms with E-state index in [0.717, 1.165) is 19.1 Å².